The third-order valence-corrected chi connectivity index (χ3v) is 10.8. The summed E-state index contributed by atoms with van der Waals surface area (Å²) in [4.78, 5) is 61.2. The first-order chi connectivity index (χ1) is 23.4. The number of benzene rings is 1. The summed E-state index contributed by atoms with van der Waals surface area (Å²) in [6.45, 7) is 9.04. The van der Waals surface area contributed by atoms with Crippen LogP contribution in [0, 0.1) is 11.8 Å². The Morgan fingerprint density at radius 3 is 2.41 bits per heavy atom. The highest BCUT2D eigenvalue weighted by Gasteiger charge is 2.36. The molecule has 2 heterocycles. The fraction of sp³-hybridized carbons (Fsp3) is 0.649. The number of methoxy groups -OCH3 is 2. The Kier molecular flexibility index (Phi) is 16.1. The summed E-state index contributed by atoms with van der Waals surface area (Å²) in [7, 11) is 6.73. The normalized spacial score (nSPS) is 18.2. The van der Waals surface area contributed by atoms with Gasteiger partial charge in [-0.15, -0.1) is 11.3 Å². The van der Waals surface area contributed by atoms with Crippen molar-refractivity contribution >= 4 is 35.0 Å². The molecule has 0 radical (unpaired) electrons. The summed E-state index contributed by atoms with van der Waals surface area (Å²) in [5.74, 6) is -0.825. The average molecular weight is 700 g/mol. The van der Waals surface area contributed by atoms with Gasteiger partial charge < -0.3 is 25.0 Å². The molecule has 2 aromatic rings. The van der Waals surface area contributed by atoms with E-state index in [0.29, 0.717) is 24.3 Å². The molecular weight excluding hydrogens is 643 g/mol. The van der Waals surface area contributed by atoms with Gasteiger partial charge in [0.1, 0.15) is 22.8 Å². The molecule has 1 fully saturated rings. The van der Waals surface area contributed by atoms with Gasteiger partial charge in [0.25, 0.3) is 5.91 Å². The van der Waals surface area contributed by atoms with Gasteiger partial charge in [-0.2, -0.15) is 0 Å². The quantitative estimate of drug-likeness (QED) is 0.208. The smallest absolute Gasteiger partial charge is 0.305 e. The Hall–Kier alpha value is -3.35. The number of aromatic nitrogens is 1. The maximum absolute atomic E-state index is 14.1. The molecule has 0 aliphatic carbocycles. The number of amides is 3. The number of piperidine rings is 1. The topological polar surface area (TPSA) is 130 Å². The van der Waals surface area contributed by atoms with Gasteiger partial charge in [-0.05, 0) is 56.7 Å². The number of nitrogens with zero attached hydrogens (tertiary/aromatic N) is 3. The molecule has 1 aromatic carbocycles. The summed E-state index contributed by atoms with van der Waals surface area (Å²) in [5.41, 5.74) is 1.32. The molecule has 11 nitrogen and oxygen atoms in total. The lowest BCUT2D eigenvalue weighted by atomic mass is 9.92. The molecule has 0 saturated carbocycles. The Morgan fingerprint density at radius 2 is 1.80 bits per heavy atom. The number of nitrogens with one attached hydrogen (secondary N) is 2. The van der Waals surface area contributed by atoms with E-state index in [2.05, 4.69) is 34.4 Å². The van der Waals surface area contributed by atoms with E-state index in [1.807, 2.05) is 51.2 Å². The van der Waals surface area contributed by atoms with Crippen LogP contribution in [0.3, 0.4) is 0 Å². The zero-order valence-corrected chi connectivity index (χ0v) is 31.4. The third kappa shape index (κ3) is 11.6. The molecule has 272 valence electrons. The second kappa shape index (κ2) is 19.7. The van der Waals surface area contributed by atoms with Crippen LogP contribution >= 0.6 is 11.3 Å². The van der Waals surface area contributed by atoms with Crippen molar-refractivity contribution in [3.63, 3.8) is 0 Å². The first-order valence-electron chi connectivity index (χ1n) is 17.6. The summed E-state index contributed by atoms with van der Waals surface area (Å²) >= 11 is 1.34. The van der Waals surface area contributed by atoms with E-state index in [4.69, 9.17) is 9.47 Å². The van der Waals surface area contributed by atoms with E-state index >= 15 is 0 Å². The van der Waals surface area contributed by atoms with Crippen molar-refractivity contribution in [2.24, 2.45) is 11.8 Å². The van der Waals surface area contributed by atoms with Gasteiger partial charge in [0.2, 0.25) is 11.8 Å². The second-order valence-electron chi connectivity index (χ2n) is 13.6. The van der Waals surface area contributed by atoms with E-state index in [-0.39, 0.29) is 65.8 Å². The largest absolute Gasteiger partial charge is 0.469 e. The number of likely N-dealkylation sites (tertiary alicyclic amines) is 1. The lowest BCUT2D eigenvalue weighted by Crippen LogP contribution is -2.58. The van der Waals surface area contributed by atoms with Crippen LogP contribution in [-0.4, -0.2) is 97.5 Å². The zero-order valence-electron chi connectivity index (χ0n) is 30.6. The Balaban J connectivity index is 1.73. The molecule has 6 atom stereocenters. The number of thiazole rings is 1. The highest BCUT2D eigenvalue weighted by Crippen LogP contribution is 2.30. The van der Waals surface area contributed by atoms with Crippen molar-refractivity contribution < 1.29 is 28.7 Å². The maximum atomic E-state index is 14.1. The van der Waals surface area contributed by atoms with Crippen LogP contribution in [0.2, 0.25) is 0 Å². The van der Waals surface area contributed by atoms with Crippen molar-refractivity contribution in [1.29, 1.82) is 0 Å². The van der Waals surface area contributed by atoms with E-state index in [1.165, 1.54) is 18.4 Å². The molecule has 1 aliphatic heterocycles. The predicted molar refractivity (Wildman–Crippen MR) is 192 cm³/mol. The van der Waals surface area contributed by atoms with Crippen molar-refractivity contribution in [3.05, 3.63) is 52.0 Å². The number of carbonyl (C=O) groups is 4. The number of ether oxygens (including phenoxy) is 2. The second-order valence-corrected chi connectivity index (χ2v) is 14.5. The minimum atomic E-state index is -0.641. The lowest BCUT2D eigenvalue weighted by molar-refractivity contribution is -0.141. The number of carbonyl (C=O) groups excluding carboxylic acids is 4. The van der Waals surface area contributed by atoms with Crippen molar-refractivity contribution in [3.8, 4) is 0 Å². The standard InChI is InChI=1S/C37H57N5O6S/c1-9-25(4)33(40-35(45)29-17-13-14-20-41(29)5)37(46)42(6)30(24(2)3)22-31(47-7)36-39-28(23-49-36)34(44)38-27(18-19-32(43)48-8)21-26-15-11-10-12-16-26/h10-12,15-16,23-25,27,29-31,33H,9,13-14,17-22H2,1-8H3,(H,38,44)(H,40,45). The third-order valence-electron chi connectivity index (χ3n) is 9.82. The van der Waals surface area contributed by atoms with Gasteiger partial charge in [0.15, 0.2) is 0 Å². The van der Waals surface area contributed by atoms with Gasteiger partial charge in [0, 0.05) is 44.5 Å². The average Bonchev–Trinajstić information content (AvgIpc) is 3.59. The number of hydrogen-bond donors (Lipinski definition) is 2. The molecule has 0 bridgehead atoms. The molecule has 1 aromatic heterocycles. The number of hydrogen-bond acceptors (Lipinski definition) is 9. The number of esters is 1. The summed E-state index contributed by atoms with van der Waals surface area (Å²) in [5, 5.41) is 8.54. The van der Waals surface area contributed by atoms with Crippen LogP contribution in [0.15, 0.2) is 35.7 Å². The van der Waals surface area contributed by atoms with Crippen LogP contribution in [-0.2, 0) is 30.3 Å². The van der Waals surface area contributed by atoms with Crippen molar-refractivity contribution in [1.82, 2.24) is 25.4 Å². The van der Waals surface area contributed by atoms with Crippen molar-refractivity contribution in [2.75, 3.05) is 34.9 Å². The van der Waals surface area contributed by atoms with E-state index in [1.54, 1.807) is 24.4 Å². The summed E-state index contributed by atoms with van der Waals surface area (Å²) in [6.07, 6.45) is 4.80. The summed E-state index contributed by atoms with van der Waals surface area (Å²) < 4.78 is 10.7. The van der Waals surface area contributed by atoms with Gasteiger partial charge in [-0.1, -0.05) is 70.9 Å². The molecule has 12 heteroatoms. The van der Waals surface area contributed by atoms with Crippen LogP contribution in [0.4, 0.5) is 0 Å². The van der Waals surface area contributed by atoms with Crippen LogP contribution in [0.25, 0.3) is 0 Å². The molecule has 3 rings (SSSR count). The first-order valence-corrected chi connectivity index (χ1v) is 18.4. The van der Waals surface area contributed by atoms with Crippen LogP contribution < -0.4 is 10.6 Å². The minimum Gasteiger partial charge on any atom is -0.469 e. The first kappa shape index (κ1) is 40.1. The molecule has 2 N–H and O–H groups in total. The van der Waals surface area contributed by atoms with Gasteiger partial charge in [-0.3, -0.25) is 24.1 Å². The fourth-order valence-corrected chi connectivity index (χ4v) is 7.32. The minimum absolute atomic E-state index is 0.0443. The highest BCUT2D eigenvalue weighted by atomic mass is 32.1. The Bertz CT molecular complexity index is 1350. The lowest BCUT2D eigenvalue weighted by Gasteiger charge is -2.38. The fourth-order valence-electron chi connectivity index (χ4n) is 6.43. The Morgan fingerprint density at radius 1 is 1.08 bits per heavy atom. The predicted octanol–water partition coefficient (Wildman–Crippen LogP) is 5.01. The molecule has 49 heavy (non-hydrogen) atoms. The van der Waals surface area contributed by atoms with Crippen LogP contribution in [0.5, 0.6) is 0 Å². The SMILES string of the molecule is CCC(C)C(NC(=O)C1CCCCN1C)C(=O)N(C)C(CC(OC)c1nc(C(=O)NC(CCC(=O)OC)Cc2ccccc2)cs1)C(C)C. The number of likely N-dealkylation sites (N-methyl/N-ethyl adjacent to an activating group) is 2. The Labute approximate surface area is 296 Å². The number of rotatable bonds is 18. The molecular formula is C37H57N5O6S. The van der Waals surface area contributed by atoms with Gasteiger partial charge in [0.05, 0.1) is 13.2 Å². The van der Waals surface area contributed by atoms with E-state index in [9.17, 15) is 19.2 Å². The maximum Gasteiger partial charge on any atom is 0.305 e. The monoisotopic (exact) mass is 699 g/mol. The molecule has 1 saturated heterocycles. The highest BCUT2D eigenvalue weighted by molar-refractivity contribution is 7.09. The molecule has 1 aliphatic rings. The molecule has 3 amide bonds. The van der Waals surface area contributed by atoms with E-state index < -0.39 is 12.1 Å². The van der Waals surface area contributed by atoms with Crippen LogP contribution in [0.1, 0.15) is 99.8 Å². The van der Waals surface area contributed by atoms with Crippen molar-refractivity contribution in [2.45, 2.75) is 109 Å². The van der Waals surface area contributed by atoms with E-state index in [0.717, 1.165) is 37.8 Å². The van der Waals surface area contributed by atoms with Gasteiger partial charge >= 0.3 is 5.97 Å². The van der Waals surface area contributed by atoms with Gasteiger partial charge in [-0.25, -0.2) is 4.98 Å². The molecule has 6 unspecified atom stereocenters. The summed E-state index contributed by atoms with van der Waals surface area (Å²) in [6, 6.07) is 8.42. The zero-order chi connectivity index (χ0) is 36.1. The molecule has 0 spiro atoms.